The Morgan fingerprint density at radius 3 is 2.08 bits per heavy atom. The third-order valence-corrected chi connectivity index (χ3v) is 2.11. The van der Waals surface area contributed by atoms with Crippen molar-refractivity contribution in [1.82, 2.24) is 0 Å². The first kappa shape index (κ1) is 11.7. The molecule has 1 nitrogen and oxygen atoms in total. The van der Waals surface area contributed by atoms with Crippen molar-refractivity contribution < 1.29 is 4.74 Å². The summed E-state index contributed by atoms with van der Waals surface area (Å²) in [6, 6.07) is 8.29. The van der Waals surface area contributed by atoms with Crippen LogP contribution in [0.1, 0.15) is 12.5 Å². The van der Waals surface area contributed by atoms with E-state index in [9.17, 15) is 0 Å². The number of aryl methyl sites for hydroxylation is 1. The monoisotopic (exact) mass is 230 g/mol. The van der Waals surface area contributed by atoms with Crippen molar-refractivity contribution in [3.63, 3.8) is 0 Å². The normalized spacial score (nSPS) is 8.67. The highest BCUT2D eigenvalue weighted by Gasteiger charge is 1.91. The van der Waals surface area contributed by atoms with E-state index in [1.807, 2.05) is 6.07 Å². The van der Waals surface area contributed by atoms with Crippen molar-refractivity contribution in [2.45, 2.75) is 13.3 Å². The summed E-state index contributed by atoms with van der Waals surface area (Å²) in [5, 5.41) is 0. The molecule has 1 aromatic carbocycles. The standard InChI is InChI=1S/C8H9Br.C2H6O/c1-2-7-5-3-4-6-8(7)9;1-3-2/h3-6H,2H2,1H3;1-2H3. The van der Waals surface area contributed by atoms with E-state index < -0.39 is 0 Å². The van der Waals surface area contributed by atoms with E-state index in [-0.39, 0.29) is 0 Å². The number of hydrogen-bond acceptors (Lipinski definition) is 1. The van der Waals surface area contributed by atoms with E-state index >= 15 is 0 Å². The molecule has 0 atom stereocenters. The number of benzene rings is 1. The Hall–Kier alpha value is -0.340. The summed E-state index contributed by atoms with van der Waals surface area (Å²) in [4.78, 5) is 0. The number of rotatable bonds is 1. The molecule has 0 aliphatic heterocycles. The first-order chi connectivity index (χ1) is 5.76. The maximum Gasteiger partial charge on any atom is 0.0351 e. The largest absolute Gasteiger partial charge is 0.388 e. The minimum atomic E-state index is 1.10. The molecule has 0 heterocycles. The minimum absolute atomic E-state index is 1.10. The quantitative estimate of drug-likeness (QED) is 0.720. The van der Waals surface area contributed by atoms with Gasteiger partial charge in [-0.2, -0.15) is 0 Å². The van der Waals surface area contributed by atoms with Crippen LogP contribution in [0.4, 0.5) is 0 Å². The Morgan fingerprint density at radius 2 is 1.75 bits per heavy atom. The molecule has 0 amide bonds. The Labute approximate surface area is 82.9 Å². The van der Waals surface area contributed by atoms with E-state index in [1.165, 1.54) is 10.0 Å². The van der Waals surface area contributed by atoms with E-state index in [1.54, 1.807) is 14.2 Å². The summed E-state index contributed by atoms with van der Waals surface area (Å²) < 4.78 is 5.47. The summed E-state index contributed by atoms with van der Waals surface area (Å²) in [5.74, 6) is 0. The van der Waals surface area contributed by atoms with Gasteiger partial charge in [-0.15, -0.1) is 0 Å². The molecule has 1 rings (SSSR count). The first-order valence-corrected chi connectivity index (χ1v) is 4.69. The lowest BCUT2D eigenvalue weighted by Crippen LogP contribution is -1.78. The maximum atomic E-state index is 4.25. The van der Waals surface area contributed by atoms with Gasteiger partial charge in [0.1, 0.15) is 0 Å². The van der Waals surface area contributed by atoms with Crippen LogP contribution in [0.5, 0.6) is 0 Å². The molecule has 0 spiro atoms. The van der Waals surface area contributed by atoms with Crippen LogP contribution in [-0.4, -0.2) is 14.2 Å². The van der Waals surface area contributed by atoms with E-state index in [2.05, 4.69) is 45.8 Å². The lowest BCUT2D eigenvalue weighted by atomic mass is 10.2. The second-order valence-electron chi connectivity index (χ2n) is 2.35. The van der Waals surface area contributed by atoms with Crippen LogP contribution in [0.15, 0.2) is 28.7 Å². The highest BCUT2D eigenvalue weighted by atomic mass is 79.9. The van der Waals surface area contributed by atoms with Gasteiger partial charge in [0.2, 0.25) is 0 Å². The summed E-state index contributed by atoms with van der Waals surface area (Å²) in [6.45, 7) is 2.15. The fourth-order valence-corrected chi connectivity index (χ4v) is 1.35. The molecule has 0 aliphatic rings. The second kappa shape index (κ2) is 7.32. The molecule has 0 unspecified atom stereocenters. The Balaban J connectivity index is 0.000000354. The van der Waals surface area contributed by atoms with Crippen molar-refractivity contribution in [2.75, 3.05) is 14.2 Å². The number of hydrogen-bond donors (Lipinski definition) is 0. The van der Waals surface area contributed by atoms with Crippen molar-refractivity contribution >= 4 is 15.9 Å². The van der Waals surface area contributed by atoms with Gasteiger partial charge in [0.15, 0.2) is 0 Å². The fraction of sp³-hybridized carbons (Fsp3) is 0.400. The first-order valence-electron chi connectivity index (χ1n) is 3.89. The van der Waals surface area contributed by atoms with Crippen LogP contribution in [0.2, 0.25) is 0 Å². The predicted octanol–water partition coefficient (Wildman–Crippen LogP) is 3.27. The average molecular weight is 231 g/mol. The number of ether oxygens (including phenoxy) is 1. The molecule has 0 N–H and O–H groups in total. The van der Waals surface area contributed by atoms with Gasteiger partial charge in [0.25, 0.3) is 0 Å². The van der Waals surface area contributed by atoms with Gasteiger partial charge >= 0.3 is 0 Å². The SMILES string of the molecule is CCc1ccccc1Br.COC. The summed E-state index contributed by atoms with van der Waals surface area (Å²) in [7, 11) is 3.25. The molecule has 0 fully saturated rings. The second-order valence-corrected chi connectivity index (χ2v) is 3.21. The van der Waals surface area contributed by atoms with Crippen LogP contribution in [0.25, 0.3) is 0 Å². The van der Waals surface area contributed by atoms with Crippen LogP contribution in [0, 0.1) is 0 Å². The van der Waals surface area contributed by atoms with Crippen molar-refractivity contribution in [2.24, 2.45) is 0 Å². The van der Waals surface area contributed by atoms with Gasteiger partial charge in [-0.3, -0.25) is 0 Å². The van der Waals surface area contributed by atoms with Gasteiger partial charge in [-0.05, 0) is 18.1 Å². The van der Waals surface area contributed by atoms with Crippen LogP contribution < -0.4 is 0 Å². The lowest BCUT2D eigenvalue weighted by Gasteiger charge is -1.96. The molecule has 0 bridgehead atoms. The number of halogens is 1. The van der Waals surface area contributed by atoms with Crippen LogP contribution in [0.3, 0.4) is 0 Å². The zero-order valence-electron chi connectivity index (χ0n) is 7.80. The van der Waals surface area contributed by atoms with Gasteiger partial charge in [0.05, 0.1) is 0 Å². The van der Waals surface area contributed by atoms with Crippen LogP contribution >= 0.6 is 15.9 Å². The topological polar surface area (TPSA) is 9.23 Å². The molecular formula is C10H15BrO. The summed E-state index contributed by atoms with van der Waals surface area (Å²) in [6.07, 6.45) is 1.10. The van der Waals surface area contributed by atoms with E-state index in [0.717, 1.165) is 6.42 Å². The van der Waals surface area contributed by atoms with Crippen molar-refractivity contribution in [3.8, 4) is 0 Å². The molecule has 0 radical (unpaired) electrons. The van der Waals surface area contributed by atoms with E-state index in [0.29, 0.717) is 0 Å². The zero-order valence-corrected chi connectivity index (χ0v) is 9.39. The Bertz CT molecular complexity index is 211. The molecule has 12 heavy (non-hydrogen) atoms. The number of methoxy groups -OCH3 is 1. The molecular weight excluding hydrogens is 216 g/mol. The predicted molar refractivity (Wildman–Crippen MR) is 56.5 cm³/mol. The highest BCUT2D eigenvalue weighted by molar-refractivity contribution is 9.10. The molecule has 1 aromatic rings. The van der Waals surface area contributed by atoms with Gasteiger partial charge < -0.3 is 4.74 Å². The highest BCUT2D eigenvalue weighted by Crippen LogP contribution is 2.15. The summed E-state index contributed by atoms with van der Waals surface area (Å²) >= 11 is 3.46. The zero-order chi connectivity index (χ0) is 9.40. The van der Waals surface area contributed by atoms with E-state index in [4.69, 9.17) is 0 Å². The third kappa shape index (κ3) is 4.52. The van der Waals surface area contributed by atoms with Gasteiger partial charge in [-0.1, -0.05) is 41.1 Å². The molecule has 0 saturated heterocycles. The van der Waals surface area contributed by atoms with Gasteiger partial charge in [-0.25, -0.2) is 0 Å². The lowest BCUT2D eigenvalue weighted by molar-refractivity contribution is 0.277. The minimum Gasteiger partial charge on any atom is -0.388 e. The smallest absolute Gasteiger partial charge is 0.0351 e. The van der Waals surface area contributed by atoms with Crippen molar-refractivity contribution in [3.05, 3.63) is 34.3 Å². The Morgan fingerprint density at radius 1 is 1.25 bits per heavy atom. The molecule has 68 valence electrons. The molecule has 2 heteroatoms. The Kier molecular flexibility index (Phi) is 7.11. The molecule has 0 aliphatic carbocycles. The van der Waals surface area contributed by atoms with Crippen LogP contribution in [-0.2, 0) is 11.2 Å². The fourth-order valence-electron chi connectivity index (χ4n) is 0.785. The maximum absolute atomic E-state index is 4.25. The molecule has 0 saturated carbocycles. The van der Waals surface area contributed by atoms with Crippen molar-refractivity contribution in [1.29, 1.82) is 0 Å². The molecule has 0 aromatic heterocycles. The average Bonchev–Trinajstić information content (AvgIpc) is 2.07. The van der Waals surface area contributed by atoms with Gasteiger partial charge in [0, 0.05) is 18.7 Å². The summed E-state index contributed by atoms with van der Waals surface area (Å²) in [5.41, 5.74) is 1.37. The third-order valence-electron chi connectivity index (χ3n) is 1.34.